The molecular weight excluding hydrogens is 230 g/mol. The van der Waals surface area contributed by atoms with Crippen LogP contribution in [0.15, 0.2) is 54.1 Å². The molecule has 0 saturated carbocycles. The third kappa shape index (κ3) is 3.38. The van der Waals surface area contributed by atoms with E-state index in [1.165, 1.54) is 5.56 Å². The van der Waals surface area contributed by atoms with E-state index in [-0.39, 0.29) is 12.2 Å². The van der Waals surface area contributed by atoms with Crippen LogP contribution in [0.3, 0.4) is 0 Å². The molecule has 90 valence electrons. The van der Waals surface area contributed by atoms with Crippen LogP contribution < -0.4 is 5.32 Å². The number of nitrogens with one attached hydrogen (secondary N) is 1. The van der Waals surface area contributed by atoms with Gasteiger partial charge < -0.3 is 10.1 Å². The predicted octanol–water partition coefficient (Wildman–Crippen LogP) is 3.11. The van der Waals surface area contributed by atoms with Gasteiger partial charge in [-0.15, -0.1) is 18.3 Å². The van der Waals surface area contributed by atoms with Gasteiger partial charge in [0.15, 0.2) is 0 Å². The smallest absolute Gasteiger partial charge is 0.113 e. The van der Waals surface area contributed by atoms with Gasteiger partial charge in [-0.2, -0.15) is 0 Å². The number of rotatable bonds is 6. The van der Waals surface area contributed by atoms with Crippen molar-refractivity contribution in [3.05, 3.63) is 59.7 Å². The maximum Gasteiger partial charge on any atom is 0.113 e. The second-order valence-corrected chi connectivity index (χ2v) is 4.68. The lowest BCUT2D eigenvalue weighted by Gasteiger charge is -2.04. The monoisotopic (exact) mass is 247 g/mol. The number of hydrogen-bond acceptors (Lipinski definition) is 3. The van der Waals surface area contributed by atoms with E-state index in [1.807, 2.05) is 24.3 Å². The van der Waals surface area contributed by atoms with E-state index in [0.29, 0.717) is 0 Å². The maximum absolute atomic E-state index is 5.66. The van der Waals surface area contributed by atoms with Crippen LogP contribution in [0, 0.1) is 0 Å². The molecule has 0 aromatic heterocycles. The highest BCUT2D eigenvalue weighted by Crippen LogP contribution is 2.40. The zero-order valence-corrected chi connectivity index (χ0v) is 10.7. The van der Waals surface area contributed by atoms with Crippen LogP contribution in [-0.2, 0) is 4.74 Å². The molecule has 1 heterocycles. The second-order valence-electron chi connectivity index (χ2n) is 3.84. The molecule has 1 aliphatic heterocycles. The minimum Gasteiger partial charge on any atom is -0.377 e. The zero-order chi connectivity index (χ0) is 12.1. The highest BCUT2D eigenvalue weighted by Gasteiger charge is 2.38. The first-order chi connectivity index (χ1) is 8.35. The topological polar surface area (TPSA) is 24.6 Å². The first kappa shape index (κ1) is 12.3. The Morgan fingerprint density at radius 2 is 2.24 bits per heavy atom. The molecule has 1 saturated heterocycles. The fraction of sp³-hybridized carbons (Fsp3) is 0.286. The first-order valence-electron chi connectivity index (χ1n) is 5.66. The highest BCUT2D eigenvalue weighted by atomic mass is 32.2. The second kappa shape index (κ2) is 5.94. The zero-order valence-electron chi connectivity index (χ0n) is 9.93. The maximum atomic E-state index is 5.66. The van der Waals surface area contributed by atoms with Crippen LogP contribution in [0.5, 0.6) is 0 Å². The van der Waals surface area contributed by atoms with Crippen molar-refractivity contribution < 1.29 is 4.74 Å². The molecule has 0 aliphatic carbocycles. The van der Waals surface area contributed by atoms with E-state index in [0.717, 1.165) is 11.6 Å². The van der Waals surface area contributed by atoms with Crippen LogP contribution in [0.2, 0.25) is 0 Å². The molecule has 0 spiro atoms. The van der Waals surface area contributed by atoms with Gasteiger partial charge in [-0.05, 0) is 17.9 Å². The lowest BCUT2D eigenvalue weighted by atomic mass is 10.1. The summed E-state index contributed by atoms with van der Waals surface area (Å²) >= 11 is 1.70. The summed E-state index contributed by atoms with van der Waals surface area (Å²) in [5, 5.41) is 4.44. The average Bonchev–Trinajstić information content (AvgIpc) is 3.15. The van der Waals surface area contributed by atoms with Gasteiger partial charge in [0.2, 0.25) is 0 Å². The summed E-state index contributed by atoms with van der Waals surface area (Å²) in [6.45, 7) is 4.48. The molecular formula is C14H17NOS. The number of thioether (sulfide) groups is 1. The van der Waals surface area contributed by atoms with Gasteiger partial charge >= 0.3 is 0 Å². The molecule has 2 nitrogen and oxygen atoms in total. The summed E-state index contributed by atoms with van der Waals surface area (Å²) < 4.78 is 5.66. The van der Waals surface area contributed by atoms with Crippen molar-refractivity contribution in [2.24, 2.45) is 0 Å². The van der Waals surface area contributed by atoms with Crippen LogP contribution >= 0.6 is 11.8 Å². The van der Waals surface area contributed by atoms with Crippen molar-refractivity contribution in [3.8, 4) is 0 Å². The number of benzene rings is 1. The first-order valence-corrected chi connectivity index (χ1v) is 6.88. The summed E-state index contributed by atoms with van der Waals surface area (Å²) in [4.78, 5) is 0. The average molecular weight is 247 g/mol. The Bertz CT molecular complexity index is 402. The van der Waals surface area contributed by atoms with E-state index < -0.39 is 0 Å². The summed E-state index contributed by atoms with van der Waals surface area (Å²) in [6.07, 6.45) is 6.49. The normalized spacial score (nSPS) is 23.2. The summed E-state index contributed by atoms with van der Waals surface area (Å²) in [5.41, 5.74) is 1.25. The van der Waals surface area contributed by atoms with Crippen molar-refractivity contribution in [1.29, 1.82) is 0 Å². The van der Waals surface area contributed by atoms with Crippen LogP contribution in [0.25, 0.3) is 0 Å². The molecule has 1 aliphatic rings. The predicted molar refractivity (Wildman–Crippen MR) is 73.9 cm³/mol. The van der Waals surface area contributed by atoms with Gasteiger partial charge in [-0.25, -0.2) is 0 Å². The van der Waals surface area contributed by atoms with Crippen LogP contribution in [-0.4, -0.2) is 18.9 Å². The summed E-state index contributed by atoms with van der Waals surface area (Å²) in [5.74, 6) is 0. The Balaban J connectivity index is 1.93. The molecule has 0 amide bonds. The van der Waals surface area contributed by atoms with Crippen LogP contribution in [0.1, 0.15) is 11.7 Å². The van der Waals surface area contributed by atoms with E-state index in [2.05, 4.69) is 36.4 Å². The van der Waals surface area contributed by atoms with E-state index in [1.54, 1.807) is 11.8 Å². The Morgan fingerprint density at radius 1 is 1.47 bits per heavy atom. The summed E-state index contributed by atoms with van der Waals surface area (Å²) in [6, 6.07) is 10.3. The molecule has 17 heavy (non-hydrogen) atoms. The lowest BCUT2D eigenvalue weighted by Crippen LogP contribution is -2.10. The van der Waals surface area contributed by atoms with E-state index in [4.69, 9.17) is 4.74 Å². The van der Waals surface area contributed by atoms with Crippen LogP contribution in [0.4, 0.5) is 0 Å². The minimum atomic E-state index is 0.206. The standard InChI is InChI=1S/C14H17NOS/c1-3-9-15-13(17-2)10-12-14(16-12)11-7-5-4-6-8-11/h3-8,10,12,14-15H,1,9H2,2H3/b13-10+. The largest absolute Gasteiger partial charge is 0.377 e. The number of epoxide rings is 1. The van der Waals surface area contributed by atoms with Crippen molar-refractivity contribution >= 4 is 11.8 Å². The fourth-order valence-electron chi connectivity index (χ4n) is 1.68. The molecule has 1 aromatic rings. The third-order valence-electron chi connectivity index (χ3n) is 2.61. The lowest BCUT2D eigenvalue weighted by molar-refractivity contribution is 0.393. The van der Waals surface area contributed by atoms with Gasteiger partial charge in [0, 0.05) is 6.54 Å². The molecule has 2 atom stereocenters. The molecule has 1 aromatic carbocycles. The van der Waals surface area contributed by atoms with Crippen molar-refractivity contribution in [2.45, 2.75) is 12.2 Å². The highest BCUT2D eigenvalue weighted by molar-refractivity contribution is 8.02. The number of hydrogen-bond donors (Lipinski definition) is 1. The van der Waals surface area contributed by atoms with E-state index >= 15 is 0 Å². The Kier molecular flexibility index (Phi) is 4.29. The Labute approximate surface area is 107 Å². The molecule has 2 rings (SSSR count). The van der Waals surface area contributed by atoms with Gasteiger partial charge in [0.1, 0.15) is 12.2 Å². The fourth-order valence-corrected chi connectivity index (χ4v) is 2.18. The van der Waals surface area contributed by atoms with Gasteiger partial charge in [-0.1, -0.05) is 36.4 Å². The van der Waals surface area contributed by atoms with Gasteiger partial charge in [-0.3, -0.25) is 0 Å². The molecule has 3 heteroatoms. The van der Waals surface area contributed by atoms with Gasteiger partial charge in [0.25, 0.3) is 0 Å². The molecule has 0 bridgehead atoms. The molecule has 1 N–H and O–H groups in total. The Hall–Kier alpha value is -1.19. The van der Waals surface area contributed by atoms with Crippen molar-refractivity contribution in [1.82, 2.24) is 5.32 Å². The van der Waals surface area contributed by atoms with E-state index in [9.17, 15) is 0 Å². The van der Waals surface area contributed by atoms with Crippen molar-refractivity contribution in [3.63, 3.8) is 0 Å². The van der Waals surface area contributed by atoms with Gasteiger partial charge in [0.05, 0.1) is 5.03 Å². The molecule has 0 radical (unpaired) electrons. The SMILES string of the molecule is C=CCN/C(=C\C1OC1c1ccccc1)SC. The quantitative estimate of drug-likeness (QED) is 0.617. The molecule has 2 unspecified atom stereocenters. The third-order valence-corrected chi connectivity index (χ3v) is 3.33. The minimum absolute atomic E-state index is 0.206. The molecule has 1 fully saturated rings. The Morgan fingerprint density at radius 3 is 2.88 bits per heavy atom. The number of ether oxygens (including phenoxy) is 1. The summed E-state index contributed by atoms with van der Waals surface area (Å²) in [7, 11) is 0. The van der Waals surface area contributed by atoms with Crippen molar-refractivity contribution in [2.75, 3.05) is 12.8 Å².